The van der Waals surface area contributed by atoms with Gasteiger partial charge in [-0.3, -0.25) is 10.1 Å². The Kier molecular flexibility index (Phi) is 3.14. The molecule has 3 rings (SSSR count). The van der Waals surface area contributed by atoms with Crippen LogP contribution in [0, 0.1) is 10.1 Å². The molecule has 0 aliphatic rings. The van der Waals surface area contributed by atoms with Gasteiger partial charge in [-0.05, 0) is 6.07 Å². The summed E-state index contributed by atoms with van der Waals surface area (Å²) in [5.74, 6) is 0.443. The zero-order chi connectivity index (χ0) is 15.0. The third-order valence-corrected chi connectivity index (χ3v) is 3.38. The highest BCUT2D eigenvalue weighted by Gasteiger charge is 2.18. The van der Waals surface area contributed by atoms with E-state index in [1.54, 1.807) is 27.1 Å². The predicted octanol–water partition coefficient (Wildman–Crippen LogP) is 2.18. The summed E-state index contributed by atoms with van der Waals surface area (Å²) in [6.07, 6.45) is 1.60. The molecule has 10 heteroatoms. The van der Waals surface area contributed by atoms with Gasteiger partial charge in [-0.15, -0.1) is 21.5 Å². The van der Waals surface area contributed by atoms with E-state index in [4.69, 9.17) is 4.42 Å². The number of aromatic nitrogens is 3. The number of rotatable bonds is 4. The maximum atomic E-state index is 10.7. The number of hydrogen-bond donors (Lipinski definition) is 0. The van der Waals surface area contributed by atoms with Gasteiger partial charge in [0.2, 0.25) is 4.96 Å². The van der Waals surface area contributed by atoms with Crippen molar-refractivity contribution in [1.82, 2.24) is 19.5 Å². The van der Waals surface area contributed by atoms with Crippen molar-refractivity contribution in [3.63, 3.8) is 0 Å². The molecule has 0 saturated carbocycles. The highest BCUT2D eigenvalue weighted by Crippen LogP contribution is 2.31. The van der Waals surface area contributed by atoms with Gasteiger partial charge in [0.05, 0.1) is 12.4 Å². The second kappa shape index (κ2) is 4.98. The van der Waals surface area contributed by atoms with E-state index in [0.717, 1.165) is 0 Å². The Morgan fingerprint density at radius 3 is 2.95 bits per heavy atom. The van der Waals surface area contributed by atoms with E-state index in [9.17, 15) is 10.1 Å². The van der Waals surface area contributed by atoms with Crippen LogP contribution < -0.4 is 0 Å². The third-order valence-electron chi connectivity index (χ3n) is 2.56. The van der Waals surface area contributed by atoms with Crippen LogP contribution in [0.15, 0.2) is 26.9 Å². The molecule has 108 valence electrons. The minimum absolute atomic E-state index is 0.309. The normalized spacial score (nSPS) is 11.5. The highest BCUT2D eigenvalue weighted by atomic mass is 32.1. The summed E-state index contributed by atoms with van der Waals surface area (Å²) < 4.78 is 6.90. The Bertz CT molecular complexity index is 830. The molecule has 0 unspecified atom stereocenters. The molecule has 0 aromatic carbocycles. The quantitative estimate of drug-likeness (QED) is 0.317. The van der Waals surface area contributed by atoms with E-state index < -0.39 is 4.92 Å². The van der Waals surface area contributed by atoms with Crippen molar-refractivity contribution in [2.45, 2.75) is 0 Å². The molecule has 3 heterocycles. The van der Waals surface area contributed by atoms with Crippen LogP contribution >= 0.6 is 11.3 Å². The lowest BCUT2D eigenvalue weighted by atomic mass is 10.3. The molecular formula is C11H10N6O3S. The largest absolute Gasteiger partial charge is 0.433 e. The standard InChI is InChI=1S/C11H10N6O3S/c1-15(2)6-12-10-13-14-11-16(10)7(5-21-11)8-3-4-9(20-8)17(18)19/h3-6H,1-2H3. The van der Waals surface area contributed by atoms with Crippen molar-refractivity contribution in [3.05, 3.63) is 27.6 Å². The molecular weight excluding hydrogens is 296 g/mol. The molecule has 0 amide bonds. The number of nitrogens with zero attached hydrogens (tertiary/aromatic N) is 6. The monoisotopic (exact) mass is 306 g/mol. The molecule has 0 atom stereocenters. The summed E-state index contributed by atoms with van der Waals surface area (Å²) in [4.78, 5) is 16.7. The predicted molar refractivity (Wildman–Crippen MR) is 77.1 cm³/mol. The van der Waals surface area contributed by atoms with Crippen LogP contribution in [0.25, 0.3) is 16.4 Å². The van der Waals surface area contributed by atoms with E-state index in [1.165, 1.54) is 17.4 Å². The lowest BCUT2D eigenvalue weighted by molar-refractivity contribution is -0.401. The van der Waals surface area contributed by atoms with Crippen molar-refractivity contribution in [2.75, 3.05) is 14.1 Å². The topological polar surface area (TPSA) is 102 Å². The third kappa shape index (κ3) is 2.36. The van der Waals surface area contributed by atoms with Crippen molar-refractivity contribution in [2.24, 2.45) is 4.99 Å². The van der Waals surface area contributed by atoms with Crippen molar-refractivity contribution < 1.29 is 9.34 Å². The molecule has 0 radical (unpaired) electrons. The van der Waals surface area contributed by atoms with Gasteiger partial charge in [0.25, 0.3) is 5.95 Å². The Labute approximate surface area is 122 Å². The van der Waals surface area contributed by atoms with Crippen LogP contribution in [0.1, 0.15) is 0 Å². The number of nitro groups is 1. The van der Waals surface area contributed by atoms with E-state index in [1.807, 2.05) is 14.1 Å². The molecule has 3 aromatic rings. The molecule has 0 fully saturated rings. The minimum Gasteiger partial charge on any atom is -0.399 e. The van der Waals surface area contributed by atoms with Crippen molar-refractivity contribution in [3.8, 4) is 11.5 Å². The van der Waals surface area contributed by atoms with E-state index in [0.29, 0.717) is 22.4 Å². The summed E-state index contributed by atoms with van der Waals surface area (Å²) in [6, 6.07) is 2.85. The molecule has 0 N–H and O–H groups in total. The molecule has 0 bridgehead atoms. The maximum Gasteiger partial charge on any atom is 0.433 e. The first-order chi connectivity index (χ1) is 10.1. The summed E-state index contributed by atoms with van der Waals surface area (Å²) in [5, 5.41) is 20.5. The van der Waals surface area contributed by atoms with Gasteiger partial charge in [-0.1, -0.05) is 0 Å². The van der Waals surface area contributed by atoms with E-state index in [2.05, 4.69) is 15.2 Å². The van der Waals surface area contributed by atoms with Crippen LogP contribution in [-0.4, -0.2) is 44.9 Å². The Morgan fingerprint density at radius 2 is 2.29 bits per heavy atom. The fraction of sp³-hybridized carbons (Fsp3) is 0.182. The second-order valence-corrected chi connectivity index (χ2v) is 5.18. The van der Waals surface area contributed by atoms with Crippen LogP contribution in [0.5, 0.6) is 0 Å². The summed E-state index contributed by atoms with van der Waals surface area (Å²) in [7, 11) is 3.68. The van der Waals surface area contributed by atoms with Gasteiger partial charge in [0.1, 0.15) is 10.6 Å². The number of hydrogen-bond acceptors (Lipinski definition) is 7. The Balaban J connectivity index is 2.09. The highest BCUT2D eigenvalue weighted by molar-refractivity contribution is 7.15. The smallest absolute Gasteiger partial charge is 0.399 e. The molecule has 9 nitrogen and oxygen atoms in total. The number of furan rings is 1. The fourth-order valence-corrected chi connectivity index (χ4v) is 2.51. The molecule has 0 aliphatic heterocycles. The second-order valence-electron chi connectivity index (χ2n) is 4.34. The van der Waals surface area contributed by atoms with Gasteiger partial charge in [-0.2, -0.15) is 0 Å². The molecule has 0 spiro atoms. The van der Waals surface area contributed by atoms with Crippen molar-refractivity contribution >= 4 is 34.5 Å². The molecule has 0 saturated heterocycles. The summed E-state index contributed by atoms with van der Waals surface area (Å²) in [6.45, 7) is 0. The van der Waals surface area contributed by atoms with Gasteiger partial charge in [-0.25, -0.2) is 9.39 Å². The summed E-state index contributed by atoms with van der Waals surface area (Å²) >= 11 is 1.35. The maximum absolute atomic E-state index is 10.7. The number of aliphatic imine (C=N–C) groups is 1. The van der Waals surface area contributed by atoms with Crippen molar-refractivity contribution in [1.29, 1.82) is 0 Å². The van der Waals surface area contributed by atoms with Gasteiger partial charge >= 0.3 is 5.88 Å². The van der Waals surface area contributed by atoms with Gasteiger partial charge < -0.3 is 9.32 Å². The number of fused-ring (bicyclic) bond motifs is 1. The van der Waals surface area contributed by atoms with Crippen LogP contribution in [0.3, 0.4) is 0 Å². The fourth-order valence-electron chi connectivity index (χ4n) is 1.69. The lowest BCUT2D eigenvalue weighted by Gasteiger charge is -2.01. The molecule has 3 aromatic heterocycles. The number of thiazole rings is 1. The lowest BCUT2D eigenvalue weighted by Crippen LogP contribution is -2.07. The first-order valence-corrected chi connectivity index (χ1v) is 6.72. The van der Waals surface area contributed by atoms with Gasteiger partial charge in [0.15, 0.2) is 5.76 Å². The first kappa shape index (κ1) is 13.2. The van der Waals surface area contributed by atoms with Gasteiger partial charge in [0, 0.05) is 19.5 Å². The minimum atomic E-state index is -0.579. The Hall–Kier alpha value is -2.75. The van der Waals surface area contributed by atoms with Crippen LogP contribution in [0.4, 0.5) is 11.8 Å². The average Bonchev–Trinajstić information content (AvgIpc) is 3.12. The summed E-state index contributed by atoms with van der Waals surface area (Å²) in [5.41, 5.74) is 0.624. The SMILES string of the molecule is CN(C)C=Nc1nnc2scc(-c3ccc([N+](=O)[O-])o3)n12. The van der Waals surface area contributed by atoms with Crippen LogP contribution in [0.2, 0.25) is 0 Å². The average molecular weight is 306 g/mol. The zero-order valence-electron chi connectivity index (χ0n) is 11.1. The molecule has 0 aliphatic carbocycles. The Morgan fingerprint density at radius 1 is 1.48 bits per heavy atom. The first-order valence-electron chi connectivity index (χ1n) is 5.84. The zero-order valence-corrected chi connectivity index (χ0v) is 11.9. The van der Waals surface area contributed by atoms with E-state index >= 15 is 0 Å². The van der Waals surface area contributed by atoms with E-state index in [-0.39, 0.29) is 5.88 Å². The van der Waals surface area contributed by atoms with Crippen LogP contribution in [-0.2, 0) is 0 Å². The molecule has 21 heavy (non-hydrogen) atoms.